The quantitative estimate of drug-likeness (QED) is 0.633. The molecule has 0 atom stereocenters. The number of hydrogen-bond donors (Lipinski definition) is 2. The lowest BCUT2D eigenvalue weighted by molar-refractivity contribution is 0.0953. The van der Waals surface area contributed by atoms with Crippen LogP contribution in [0, 0.1) is 13.8 Å². The fraction of sp³-hybridized carbons (Fsp3) is 0.333. The standard InChI is InChI=1S/C18H22N6O2/c1-12-21-13(2)24(23-12)9-5-8-19-18(25)16-11-20-22-17(16)14-6-4-7-15(10-14)26-3/h4,6-7,10-11H,5,8-9H2,1-3H3,(H,19,25)(H,20,22). The fourth-order valence-corrected chi connectivity index (χ4v) is 2.76. The highest BCUT2D eigenvalue weighted by molar-refractivity contribution is 5.99. The molecule has 1 amide bonds. The molecule has 0 saturated heterocycles. The molecule has 0 fully saturated rings. The van der Waals surface area contributed by atoms with E-state index in [4.69, 9.17) is 4.74 Å². The number of ether oxygens (including phenoxy) is 1. The summed E-state index contributed by atoms with van der Waals surface area (Å²) in [4.78, 5) is 16.8. The van der Waals surface area contributed by atoms with Crippen molar-refractivity contribution in [2.45, 2.75) is 26.8 Å². The van der Waals surface area contributed by atoms with Crippen LogP contribution in [0.3, 0.4) is 0 Å². The van der Waals surface area contributed by atoms with Crippen LogP contribution >= 0.6 is 0 Å². The van der Waals surface area contributed by atoms with E-state index in [0.717, 1.165) is 29.4 Å². The molecular weight excluding hydrogens is 332 g/mol. The van der Waals surface area contributed by atoms with Gasteiger partial charge in [-0.1, -0.05) is 12.1 Å². The SMILES string of the molecule is COc1cccc(-c2[nH]ncc2C(=O)NCCCn2nc(C)nc2C)c1. The van der Waals surface area contributed by atoms with Crippen LogP contribution in [0.15, 0.2) is 30.5 Å². The van der Waals surface area contributed by atoms with Gasteiger partial charge in [-0.05, 0) is 32.4 Å². The van der Waals surface area contributed by atoms with Crippen molar-refractivity contribution in [3.63, 3.8) is 0 Å². The molecule has 3 aromatic rings. The lowest BCUT2D eigenvalue weighted by atomic mass is 10.1. The van der Waals surface area contributed by atoms with Crippen LogP contribution in [-0.2, 0) is 6.54 Å². The molecule has 0 saturated carbocycles. The van der Waals surface area contributed by atoms with Gasteiger partial charge in [0.15, 0.2) is 0 Å². The number of methoxy groups -OCH3 is 1. The summed E-state index contributed by atoms with van der Waals surface area (Å²) in [7, 11) is 1.61. The molecule has 2 aromatic heterocycles. The van der Waals surface area contributed by atoms with Crippen molar-refractivity contribution in [2.24, 2.45) is 0 Å². The zero-order valence-electron chi connectivity index (χ0n) is 15.1. The van der Waals surface area contributed by atoms with Crippen molar-refractivity contribution < 1.29 is 9.53 Å². The number of amides is 1. The average molecular weight is 354 g/mol. The molecule has 0 bridgehead atoms. The van der Waals surface area contributed by atoms with Gasteiger partial charge in [-0.25, -0.2) is 4.98 Å². The van der Waals surface area contributed by atoms with Gasteiger partial charge in [-0.15, -0.1) is 0 Å². The normalized spacial score (nSPS) is 10.7. The topological polar surface area (TPSA) is 97.7 Å². The average Bonchev–Trinajstić information content (AvgIpc) is 3.25. The van der Waals surface area contributed by atoms with E-state index < -0.39 is 0 Å². The highest BCUT2D eigenvalue weighted by atomic mass is 16.5. The number of carbonyl (C=O) groups is 1. The predicted octanol–water partition coefficient (Wildman–Crippen LogP) is 2.11. The Morgan fingerprint density at radius 2 is 2.19 bits per heavy atom. The van der Waals surface area contributed by atoms with Crippen LogP contribution in [0.2, 0.25) is 0 Å². The van der Waals surface area contributed by atoms with E-state index in [1.165, 1.54) is 6.20 Å². The monoisotopic (exact) mass is 354 g/mol. The summed E-state index contributed by atoms with van der Waals surface area (Å²) in [6, 6.07) is 7.50. The summed E-state index contributed by atoms with van der Waals surface area (Å²) in [5, 5.41) is 14.1. The first-order valence-corrected chi connectivity index (χ1v) is 8.42. The van der Waals surface area contributed by atoms with Crippen molar-refractivity contribution in [3.8, 4) is 17.0 Å². The number of aryl methyl sites for hydroxylation is 3. The number of benzene rings is 1. The zero-order chi connectivity index (χ0) is 18.5. The minimum atomic E-state index is -0.164. The van der Waals surface area contributed by atoms with E-state index in [1.807, 2.05) is 42.8 Å². The third-order valence-corrected chi connectivity index (χ3v) is 4.04. The van der Waals surface area contributed by atoms with E-state index in [1.54, 1.807) is 7.11 Å². The molecule has 0 unspecified atom stereocenters. The maximum atomic E-state index is 12.5. The summed E-state index contributed by atoms with van der Waals surface area (Å²) < 4.78 is 7.09. The number of aromatic nitrogens is 5. The van der Waals surface area contributed by atoms with E-state index in [9.17, 15) is 4.79 Å². The first-order valence-electron chi connectivity index (χ1n) is 8.42. The van der Waals surface area contributed by atoms with Crippen LogP contribution in [0.25, 0.3) is 11.3 Å². The minimum absolute atomic E-state index is 0.164. The molecule has 8 nitrogen and oxygen atoms in total. The highest BCUT2D eigenvalue weighted by Crippen LogP contribution is 2.24. The first kappa shape index (κ1) is 17.7. The van der Waals surface area contributed by atoms with Crippen LogP contribution in [0.5, 0.6) is 5.75 Å². The van der Waals surface area contributed by atoms with Gasteiger partial charge in [-0.3, -0.25) is 14.6 Å². The van der Waals surface area contributed by atoms with Crippen molar-refractivity contribution in [3.05, 3.63) is 47.7 Å². The Morgan fingerprint density at radius 3 is 2.92 bits per heavy atom. The number of nitrogens with one attached hydrogen (secondary N) is 2. The van der Waals surface area contributed by atoms with Crippen LogP contribution in [-0.4, -0.2) is 44.5 Å². The van der Waals surface area contributed by atoms with E-state index in [0.29, 0.717) is 24.3 Å². The van der Waals surface area contributed by atoms with Gasteiger partial charge in [-0.2, -0.15) is 10.2 Å². The summed E-state index contributed by atoms with van der Waals surface area (Å²) >= 11 is 0. The summed E-state index contributed by atoms with van der Waals surface area (Å²) in [6.07, 6.45) is 2.30. The molecule has 136 valence electrons. The Hall–Kier alpha value is -3.16. The maximum absolute atomic E-state index is 12.5. The Morgan fingerprint density at radius 1 is 1.35 bits per heavy atom. The van der Waals surface area contributed by atoms with Crippen molar-refractivity contribution in [2.75, 3.05) is 13.7 Å². The molecule has 0 aliphatic carbocycles. The molecule has 0 aliphatic rings. The van der Waals surface area contributed by atoms with Crippen LogP contribution in [0.1, 0.15) is 28.4 Å². The Balaban J connectivity index is 1.60. The third-order valence-electron chi connectivity index (χ3n) is 4.04. The van der Waals surface area contributed by atoms with Crippen LogP contribution in [0.4, 0.5) is 0 Å². The lowest BCUT2D eigenvalue weighted by Gasteiger charge is -2.07. The second-order valence-electron chi connectivity index (χ2n) is 5.93. The Kier molecular flexibility index (Phi) is 5.31. The summed E-state index contributed by atoms with van der Waals surface area (Å²) in [5.74, 6) is 2.20. The molecule has 0 aliphatic heterocycles. The lowest BCUT2D eigenvalue weighted by Crippen LogP contribution is -2.25. The first-order chi connectivity index (χ1) is 12.6. The minimum Gasteiger partial charge on any atom is -0.497 e. The van der Waals surface area contributed by atoms with E-state index in [2.05, 4.69) is 25.6 Å². The molecule has 3 rings (SSSR count). The molecule has 0 radical (unpaired) electrons. The number of nitrogens with zero attached hydrogens (tertiary/aromatic N) is 4. The van der Waals surface area contributed by atoms with Gasteiger partial charge in [0.1, 0.15) is 17.4 Å². The van der Waals surface area contributed by atoms with E-state index >= 15 is 0 Å². The number of H-pyrrole nitrogens is 1. The number of aromatic amines is 1. The Labute approximate surface area is 151 Å². The van der Waals surface area contributed by atoms with Gasteiger partial charge in [0.05, 0.1) is 24.6 Å². The van der Waals surface area contributed by atoms with Crippen molar-refractivity contribution in [1.82, 2.24) is 30.3 Å². The maximum Gasteiger partial charge on any atom is 0.255 e. The molecule has 0 spiro atoms. The largest absolute Gasteiger partial charge is 0.497 e. The van der Waals surface area contributed by atoms with Crippen molar-refractivity contribution >= 4 is 5.91 Å². The fourth-order valence-electron chi connectivity index (χ4n) is 2.76. The predicted molar refractivity (Wildman–Crippen MR) is 97.0 cm³/mol. The summed E-state index contributed by atoms with van der Waals surface area (Å²) in [6.45, 7) is 5.04. The number of rotatable bonds is 7. The molecule has 8 heteroatoms. The third kappa shape index (κ3) is 3.90. The van der Waals surface area contributed by atoms with Gasteiger partial charge in [0.2, 0.25) is 0 Å². The van der Waals surface area contributed by atoms with E-state index in [-0.39, 0.29) is 5.91 Å². The van der Waals surface area contributed by atoms with Gasteiger partial charge < -0.3 is 10.1 Å². The number of hydrogen-bond acceptors (Lipinski definition) is 5. The summed E-state index contributed by atoms with van der Waals surface area (Å²) in [5.41, 5.74) is 2.02. The molecule has 2 heterocycles. The molecule has 26 heavy (non-hydrogen) atoms. The molecule has 1 aromatic carbocycles. The smallest absolute Gasteiger partial charge is 0.255 e. The second kappa shape index (κ2) is 7.81. The zero-order valence-corrected chi connectivity index (χ0v) is 15.1. The Bertz CT molecular complexity index is 899. The van der Waals surface area contributed by atoms with Gasteiger partial charge >= 0.3 is 0 Å². The molecule has 2 N–H and O–H groups in total. The highest BCUT2D eigenvalue weighted by Gasteiger charge is 2.15. The van der Waals surface area contributed by atoms with Crippen molar-refractivity contribution in [1.29, 1.82) is 0 Å². The molecular formula is C18H22N6O2. The number of carbonyl (C=O) groups excluding carboxylic acids is 1. The van der Waals surface area contributed by atoms with Gasteiger partial charge in [0.25, 0.3) is 5.91 Å². The van der Waals surface area contributed by atoms with Crippen LogP contribution < -0.4 is 10.1 Å². The second-order valence-corrected chi connectivity index (χ2v) is 5.93. The van der Waals surface area contributed by atoms with Gasteiger partial charge in [0, 0.05) is 18.7 Å².